The number of hydrogen-bond donors (Lipinski definition) is 1. The average molecular weight is 259 g/mol. The number of rotatable bonds is 4. The smallest absolute Gasteiger partial charge is 0.399 e. The fourth-order valence-corrected chi connectivity index (χ4v) is 1.96. The van der Waals surface area contributed by atoms with E-state index < -0.39 is 0 Å². The van der Waals surface area contributed by atoms with E-state index in [-0.39, 0.29) is 18.3 Å². The van der Waals surface area contributed by atoms with Crippen LogP contribution in [0, 0.1) is 0 Å². The summed E-state index contributed by atoms with van der Waals surface area (Å²) in [4.78, 5) is 0. The predicted octanol–water partition coefficient (Wildman–Crippen LogP) is 2.58. The minimum Gasteiger partial charge on any atom is -0.399 e. The van der Waals surface area contributed by atoms with Crippen molar-refractivity contribution in [1.82, 2.24) is 0 Å². The van der Waals surface area contributed by atoms with Crippen molar-refractivity contribution >= 4 is 18.3 Å². The monoisotopic (exact) mass is 259 g/mol. The zero-order valence-corrected chi connectivity index (χ0v) is 12.2. The Kier molecular flexibility index (Phi) is 3.74. The van der Waals surface area contributed by atoms with E-state index in [1.807, 2.05) is 24.3 Å². The fourth-order valence-electron chi connectivity index (χ4n) is 1.96. The summed E-state index contributed by atoms with van der Waals surface area (Å²) in [5, 5.41) is 3.27. The summed E-state index contributed by atoms with van der Waals surface area (Å²) in [7, 11) is -0.310. The Morgan fingerprint density at radius 1 is 1.21 bits per heavy atom. The Labute approximate surface area is 116 Å². The van der Waals surface area contributed by atoms with Gasteiger partial charge in [0.2, 0.25) is 0 Å². The molecule has 0 radical (unpaired) electrons. The van der Waals surface area contributed by atoms with Gasteiger partial charge in [0.05, 0.1) is 11.2 Å². The van der Waals surface area contributed by atoms with E-state index in [1.54, 1.807) is 0 Å². The van der Waals surface area contributed by atoms with Gasteiger partial charge >= 0.3 is 7.12 Å². The van der Waals surface area contributed by atoms with Crippen LogP contribution in [0.2, 0.25) is 0 Å². The quantitative estimate of drug-likeness (QED) is 0.666. The summed E-state index contributed by atoms with van der Waals surface area (Å²) in [6.45, 7) is 12.7. The molecule has 1 aliphatic rings. The van der Waals surface area contributed by atoms with Gasteiger partial charge in [-0.15, -0.1) is 6.58 Å². The van der Waals surface area contributed by atoms with Crippen molar-refractivity contribution in [2.24, 2.45) is 0 Å². The lowest BCUT2D eigenvalue weighted by molar-refractivity contribution is 0.00578. The zero-order chi connectivity index (χ0) is 14.1. The highest BCUT2D eigenvalue weighted by molar-refractivity contribution is 6.62. The summed E-state index contributed by atoms with van der Waals surface area (Å²) >= 11 is 0. The summed E-state index contributed by atoms with van der Waals surface area (Å²) in [5.41, 5.74) is 1.48. The Morgan fingerprint density at radius 2 is 1.84 bits per heavy atom. The van der Waals surface area contributed by atoms with Crippen molar-refractivity contribution < 1.29 is 9.31 Å². The third-order valence-corrected chi connectivity index (χ3v) is 3.86. The molecule has 0 saturated carbocycles. The Morgan fingerprint density at radius 3 is 2.42 bits per heavy atom. The van der Waals surface area contributed by atoms with Crippen LogP contribution in [0.1, 0.15) is 27.7 Å². The first-order chi connectivity index (χ1) is 8.86. The maximum Gasteiger partial charge on any atom is 0.494 e. The van der Waals surface area contributed by atoms with E-state index in [2.05, 4.69) is 45.7 Å². The van der Waals surface area contributed by atoms with E-state index in [0.717, 1.165) is 17.7 Å². The SMILES string of the molecule is C=CCNc1cccc(B2OC(C)(C)C(C)(C)O2)c1. The molecule has 1 heterocycles. The van der Waals surface area contributed by atoms with Crippen LogP contribution in [-0.2, 0) is 9.31 Å². The molecule has 1 fully saturated rings. The van der Waals surface area contributed by atoms with Crippen LogP contribution < -0.4 is 10.8 Å². The second-order valence-electron chi connectivity index (χ2n) is 5.88. The summed E-state index contributed by atoms with van der Waals surface area (Å²) < 4.78 is 12.1. The van der Waals surface area contributed by atoms with Gasteiger partial charge in [0, 0.05) is 12.2 Å². The fraction of sp³-hybridized carbons (Fsp3) is 0.467. The van der Waals surface area contributed by atoms with Gasteiger partial charge < -0.3 is 14.6 Å². The highest BCUT2D eigenvalue weighted by Gasteiger charge is 2.51. The van der Waals surface area contributed by atoms with Crippen molar-refractivity contribution in [3.63, 3.8) is 0 Å². The molecule has 0 spiro atoms. The third-order valence-electron chi connectivity index (χ3n) is 3.86. The predicted molar refractivity (Wildman–Crippen MR) is 80.8 cm³/mol. The average Bonchev–Trinajstić information content (AvgIpc) is 2.56. The van der Waals surface area contributed by atoms with Crippen molar-refractivity contribution in [2.75, 3.05) is 11.9 Å². The lowest BCUT2D eigenvalue weighted by atomic mass is 9.79. The number of anilines is 1. The molecule has 0 amide bonds. The second-order valence-corrected chi connectivity index (χ2v) is 5.88. The molecule has 19 heavy (non-hydrogen) atoms. The molecule has 0 bridgehead atoms. The van der Waals surface area contributed by atoms with Gasteiger partial charge in [0.25, 0.3) is 0 Å². The van der Waals surface area contributed by atoms with Crippen molar-refractivity contribution in [3.8, 4) is 0 Å². The first-order valence-corrected chi connectivity index (χ1v) is 6.66. The maximum atomic E-state index is 6.04. The van der Waals surface area contributed by atoms with Crippen LogP contribution in [0.5, 0.6) is 0 Å². The first kappa shape index (κ1) is 14.2. The van der Waals surface area contributed by atoms with E-state index in [0.29, 0.717) is 0 Å². The van der Waals surface area contributed by atoms with Gasteiger partial charge in [-0.25, -0.2) is 0 Å². The number of hydrogen-bond acceptors (Lipinski definition) is 3. The van der Waals surface area contributed by atoms with Gasteiger partial charge in [-0.05, 0) is 45.3 Å². The highest BCUT2D eigenvalue weighted by atomic mass is 16.7. The zero-order valence-electron chi connectivity index (χ0n) is 12.2. The van der Waals surface area contributed by atoms with E-state index >= 15 is 0 Å². The summed E-state index contributed by atoms with van der Waals surface area (Å²) in [6, 6.07) is 8.12. The van der Waals surface area contributed by atoms with E-state index in [4.69, 9.17) is 9.31 Å². The molecule has 3 nitrogen and oxygen atoms in total. The van der Waals surface area contributed by atoms with Gasteiger partial charge in [-0.1, -0.05) is 18.2 Å². The number of nitrogens with one attached hydrogen (secondary N) is 1. The minimum atomic E-state index is -0.310. The second kappa shape index (κ2) is 5.02. The molecule has 2 rings (SSSR count). The molecule has 0 aliphatic carbocycles. The van der Waals surface area contributed by atoms with Gasteiger partial charge in [0.15, 0.2) is 0 Å². The third kappa shape index (κ3) is 2.85. The Hall–Kier alpha value is -1.26. The lowest BCUT2D eigenvalue weighted by Crippen LogP contribution is -2.41. The largest absolute Gasteiger partial charge is 0.494 e. The molecule has 1 N–H and O–H groups in total. The molecule has 102 valence electrons. The van der Waals surface area contributed by atoms with Crippen LogP contribution >= 0.6 is 0 Å². The molecule has 0 unspecified atom stereocenters. The van der Waals surface area contributed by atoms with Crippen LogP contribution in [-0.4, -0.2) is 24.9 Å². The minimum absolute atomic E-state index is 0.303. The van der Waals surface area contributed by atoms with Crippen molar-refractivity contribution in [3.05, 3.63) is 36.9 Å². The van der Waals surface area contributed by atoms with Crippen LogP contribution in [0.4, 0.5) is 5.69 Å². The molecule has 0 atom stereocenters. The van der Waals surface area contributed by atoms with E-state index in [9.17, 15) is 0 Å². The summed E-state index contributed by atoms with van der Waals surface area (Å²) in [6.07, 6.45) is 1.83. The highest BCUT2D eigenvalue weighted by Crippen LogP contribution is 2.36. The molecule has 1 aromatic carbocycles. The van der Waals surface area contributed by atoms with Crippen LogP contribution in [0.15, 0.2) is 36.9 Å². The van der Waals surface area contributed by atoms with Crippen LogP contribution in [0.3, 0.4) is 0 Å². The van der Waals surface area contributed by atoms with E-state index in [1.165, 1.54) is 0 Å². The Bertz CT molecular complexity index is 455. The van der Waals surface area contributed by atoms with Crippen molar-refractivity contribution in [1.29, 1.82) is 0 Å². The standard InChI is InChI=1S/C15H22BNO2/c1-6-10-17-13-9-7-8-12(11-13)16-18-14(2,3)15(4,5)19-16/h6-9,11,17H,1,10H2,2-5H3. The molecule has 0 aromatic heterocycles. The van der Waals surface area contributed by atoms with Crippen LogP contribution in [0.25, 0.3) is 0 Å². The van der Waals surface area contributed by atoms with Crippen molar-refractivity contribution in [2.45, 2.75) is 38.9 Å². The molecule has 1 aromatic rings. The van der Waals surface area contributed by atoms with Gasteiger partial charge in [-0.2, -0.15) is 0 Å². The first-order valence-electron chi connectivity index (χ1n) is 6.66. The van der Waals surface area contributed by atoms with Gasteiger partial charge in [0.1, 0.15) is 0 Å². The molecular weight excluding hydrogens is 237 g/mol. The molecule has 1 saturated heterocycles. The molecule has 4 heteroatoms. The number of benzene rings is 1. The molecule has 1 aliphatic heterocycles. The topological polar surface area (TPSA) is 30.5 Å². The maximum absolute atomic E-state index is 6.04. The molecular formula is C15H22BNO2. The normalized spacial score (nSPS) is 20.3. The lowest BCUT2D eigenvalue weighted by Gasteiger charge is -2.32. The summed E-state index contributed by atoms with van der Waals surface area (Å²) in [5.74, 6) is 0. The Balaban J connectivity index is 2.17. The van der Waals surface area contributed by atoms with Gasteiger partial charge in [-0.3, -0.25) is 0 Å².